The molecule has 1 unspecified atom stereocenters. The summed E-state index contributed by atoms with van der Waals surface area (Å²) in [6, 6.07) is 14.9. The van der Waals surface area contributed by atoms with Gasteiger partial charge in [-0.1, -0.05) is 18.2 Å². The van der Waals surface area contributed by atoms with E-state index in [1.165, 1.54) is 0 Å². The first-order valence-corrected chi connectivity index (χ1v) is 8.94. The van der Waals surface area contributed by atoms with Crippen molar-refractivity contribution >= 4 is 17.3 Å². The minimum atomic E-state index is -0.417. The van der Waals surface area contributed by atoms with Crippen molar-refractivity contribution in [2.24, 2.45) is 5.73 Å². The summed E-state index contributed by atoms with van der Waals surface area (Å²) in [6.07, 6.45) is 0. The van der Waals surface area contributed by atoms with Crippen LogP contribution in [0.1, 0.15) is 17.3 Å². The van der Waals surface area contributed by atoms with E-state index in [0.717, 1.165) is 44.1 Å². The maximum atomic E-state index is 11.5. The summed E-state index contributed by atoms with van der Waals surface area (Å²) >= 11 is 0. The number of phenols is 1. The topological polar surface area (TPSA) is 81.8 Å². The SMILES string of the molecule is CC(CN1CCN(c2cccc(O)c2)CC1)Nc1ccccc1C(N)=O. The third-order valence-electron chi connectivity index (χ3n) is 4.69. The van der Waals surface area contributed by atoms with Crippen LogP contribution in [0.3, 0.4) is 0 Å². The molecule has 0 radical (unpaired) electrons. The molecular formula is C20H26N4O2. The first-order valence-electron chi connectivity index (χ1n) is 8.94. The lowest BCUT2D eigenvalue weighted by Crippen LogP contribution is -2.49. The Morgan fingerprint density at radius 2 is 1.88 bits per heavy atom. The second-order valence-electron chi connectivity index (χ2n) is 6.76. The van der Waals surface area contributed by atoms with Crippen LogP contribution in [0.25, 0.3) is 0 Å². The Bertz CT molecular complexity index is 757. The number of nitrogens with two attached hydrogens (primary N) is 1. The van der Waals surface area contributed by atoms with E-state index in [9.17, 15) is 9.90 Å². The zero-order chi connectivity index (χ0) is 18.5. The molecule has 0 saturated carbocycles. The van der Waals surface area contributed by atoms with Crippen LogP contribution in [0.2, 0.25) is 0 Å². The van der Waals surface area contributed by atoms with Crippen molar-refractivity contribution in [3.8, 4) is 5.75 Å². The van der Waals surface area contributed by atoms with E-state index in [1.807, 2.05) is 30.3 Å². The Kier molecular flexibility index (Phi) is 5.63. The molecule has 26 heavy (non-hydrogen) atoms. The van der Waals surface area contributed by atoms with Crippen LogP contribution in [-0.4, -0.2) is 54.7 Å². The molecule has 6 nitrogen and oxygen atoms in total. The minimum absolute atomic E-state index is 0.197. The molecule has 1 saturated heterocycles. The van der Waals surface area contributed by atoms with Crippen LogP contribution in [0.15, 0.2) is 48.5 Å². The van der Waals surface area contributed by atoms with E-state index in [-0.39, 0.29) is 6.04 Å². The molecule has 0 aliphatic carbocycles. The summed E-state index contributed by atoms with van der Waals surface area (Å²) in [7, 11) is 0. The second-order valence-corrected chi connectivity index (χ2v) is 6.76. The number of aromatic hydroxyl groups is 1. The molecule has 3 rings (SSSR count). The Morgan fingerprint density at radius 1 is 1.15 bits per heavy atom. The molecule has 6 heteroatoms. The van der Waals surface area contributed by atoms with Gasteiger partial charge >= 0.3 is 0 Å². The first-order chi connectivity index (χ1) is 12.5. The van der Waals surface area contributed by atoms with Crippen molar-refractivity contribution in [2.75, 3.05) is 42.9 Å². The number of carbonyl (C=O) groups excluding carboxylic acids is 1. The van der Waals surface area contributed by atoms with Crippen molar-refractivity contribution < 1.29 is 9.90 Å². The van der Waals surface area contributed by atoms with Crippen LogP contribution >= 0.6 is 0 Å². The molecule has 4 N–H and O–H groups in total. The number of phenolic OH excluding ortho intramolecular Hbond substituents is 1. The summed E-state index contributed by atoms with van der Waals surface area (Å²) in [5.74, 6) is -0.115. The molecule has 1 heterocycles. The Morgan fingerprint density at radius 3 is 2.58 bits per heavy atom. The number of nitrogens with one attached hydrogen (secondary N) is 1. The van der Waals surface area contributed by atoms with Crippen molar-refractivity contribution in [1.82, 2.24) is 4.90 Å². The zero-order valence-electron chi connectivity index (χ0n) is 15.1. The van der Waals surface area contributed by atoms with Crippen LogP contribution in [-0.2, 0) is 0 Å². The van der Waals surface area contributed by atoms with Crippen LogP contribution in [0, 0.1) is 0 Å². The van der Waals surface area contributed by atoms with Gasteiger partial charge in [0.1, 0.15) is 5.75 Å². The van der Waals surface area contributed by atoms with Gasteiger partial charge in [-0.2, -0.15) is 0 Å². The Labute approximate surface area is 154 Å². The number of hydrogen-bond acceptors (Lipinski definition) is 5. The van der Waals surface area contributed by atoms with Gasteiger partial charge in [-0.05, 0) is 31.2 Å². The quantitative estimate of drug-likeness (QED) is 0.740. The van der Waals surface area contributed by atoms with Crippen molar-refractivity contribution in [3.63, 3.8) is 0 Å². The third-order valence-corrected chi connectivity index (χ3v) is 4.69. The molecule has 0 spiro atoms. The molecule has 1 fully saturated rings. The molecule has 0 bridgehead atoms. The third kappa shape index (κ3) is 4.46. The number of amides is 1. The highest BCUT2D eigenvalue weighted by molar-refractivity contribution is 5.98. The number of nitrogens with zero attached hydrogens (tertiary/aromatic N) is 2. The zero-order valence-corrected chi connectivity index (χ0v) is 15.1. The molecule has 1 amide bonds. The van der Waals surface area contributed by atoms with E-state index in [0.29, 0.717) is 11.3 Å². The molecular weight excluding hydrogens is 328 g/mol. The highest BCUT2D eigenvalue weighted by Crippen LogP contribution is 2.21. The van der Waals surface area contributed by atoms with E-state index >= 15 is 0 Å². The molecule has 2 aromatic rings. The number of primary amides is 1. The highest BCUT2D eigenvalue weighted by Gasteiger charge is 2.19. The number of hydrogen-bond donors (Lipinski definition) is 3. The number of carbonyl (C=O) groups is 1. The van der Waals surface area contributed by atoms with Gasteiger partial charge in [0.25, 0.3) is 5.91 Å². The number of rotatable bonds is 6. The maximum absolute atomic E-state index is 11.5. The summed E-state index contributed by atoms with van der Waals surface area (Å²) in [6.45, 7) is 6.76. The van der Waals surface area contributed by atoms with E-state index in [4.69, 9.17) is 5.73 Å². The fraction of sp³-hybridized carbons (Fsp3) is 0.350. The van der Waals surface area contributed by atoms with Gasteiger partial charge in [0.15, 0.2) is 0 Å². The lowest BCUT2D eigenvalue weighted by atomic mass is 10.1. The number of piperazine rings is 1. The Balaban J connectivity index is 1.52. The molecule has 0 aromatic heterocycles. The number of benzene rings is 2. The van der Waals surface area contributed by atoms with Gasteiger partial charge in [-0.25, -0.2) is 0 Å². The molecule has 1 aliphatic heterocycles. The summed E-state index contributed by atoms with van der Waals surface area (Å²) < 4.78 is 0. The standard InChI is InChI=1S/C20H26N4O2/c1-15(22-19-8-3-2-7-18(19)20(21)26)14-23-9-11-24(12-10-23)16-5-4-6-17(25)13-16/h2-8,13,15,22,25H,9-12,14H2,1H3,(H2,21,26). The monoisotopic (exact) mass is 354 g/mol. The van der Waals surface area contributed by atoms with Gasteiger partial charge in [0.2, 0.25) is 0 Å². The lowest BCUT2D eigenvalue weighted by molar-refractivity contribution is 0.100. The van der Waals surface area contributed by atoms with E-state index < -0.39 is 5.91 Å². The summed E-state index contributed by atoms with van der Waals surface area (Å²) in [5.41, 5.74) is 7.81. The van der Waals surface area contributed by atoms with Gasteiger partial charge in [0.05, 0.1) is 5.56 Å². The molecule has 1 aliphatic rings. The van der Waals surface area contributed by atoms with Crippen LogP contribution < -0.4 is 16.0 Å². The smallest absolute Gasteiger partial charge is 0.250 e. The van der Waals surface area contributed by atoms with E-state index in [2.05, 4.69) is 22.0 Å². The molecule has 2 aromatic carbocycles. The van der Waals surface area contributed by atoms with E-state index in [1.54, 1.807) is 18.2 Å². The first kappa shape index (κ1) is 18.1. The fourth-order valence-corrected chi connectivity index (χ4v) is 3.40. The lowest BCUT2D eigenvalue weighted by Gasteiger charge is -2.37. The van der Waals surface area contributed by atoms with Gasteiger partial charge < -0.3 is 21.1 Å². The summed E-state index contributed by atoms with van der Waals surface area (Å²) in [4.78, 5) is 16.2. The maximum Gasteiger partial charge on any atom is 0.250 e. The van der Waals surface area contributed by atoms with Crippen molar-refractivity contribution in [1.29, 1.82) is 0 Å². The predicted molar refractivity (Wildman–Crippen MR) is 105 cm³/mol. The predicted octanol–water partition coefficient (Wildman–Crippen LogP) is 2.11. The van der Waals surface area contributed by atoms with Gasteiger partial charge in [0, 0.05) is 56.2 Å². The number of anilines is 2. The number of para-hydroxylation sites is 1. The van der Waals surface area contributed by atoms with Crippen molar-refractivity contribution in [2.45, 2.75) is 13.0 Å². The summed E-state index contributed by atoms with van der Waals surface area (Å²) in [5, 5.41) is 13.0. The average Bonchev–Trinajstić information content (AvgIpc) is 2.62. The highest BCUT2D eigenvalue weighted by atomic mass is 16.3. The van der Waals surface area contributed by atoms with Gasteiger partial charge in [-0.15, -0.1) is 0 Å². The average molecular weight is 354 g/mol. The fourth-order valence-electron chi connectivity index (χ4n) is 3.40. The minimum Gasteiger partial charge on any atom is -0.508 e. The van der Waals surface area contributed by atoms with Crippen LogP contribution in [0.5, 0.6) is 5.75 Å². The Hall–Kier alpha value is -2.73. The normalized spacial score (nSPS) is 16.3. The van der Waals surface area contributed by atoms with Crippen molar-refractivity contribution in [3.05, 3.63) is 54.1 Å². The van der Waals surface area contributed by atoms with Crippen LogP contribution in [0.4, 0.5) is 11.4 Å². The second kappa shape index (κ2) is 8.10. The molecule has 138 valence electrons. The van der Waals surface area contributed by atoms with Gasteiger partial charge in [-0.3, -0.25) is 9.69 Å². The largest absolute Gasteiger partial charge is 0.508 e. The molecule has 1 atom stereocenters.